The molecule has 3 nitrogen and oxygen atoms in total. The summed E-state index contributed by atoms with van der Waals surface area (Å²) in [6, 6.07) is 6.78. The Labute approximate surface area is 154 Å². The molecule has 1 saturated carbocycles. The van der Waals surface area contributed by atoms with E-state index >= 15 is 0 Å². The summed E-state index contributed by atoms with van der Waals surface area (Å²) in [5, 5.41) is 0.893. The third-order valence-electron chi connectivity index (χ3n) is 5.37. The quantitative estimate of drug-likeness (QED) is 0.562. The van der Waals surface area contributed by atoms with Crippen molar-refractivity contribution in [2.24, 2.45) is 17.8 Å². The Morgan fingerprint density at radius 3 is 3.00 bits per heavy atom. The highest BCUT2D eigenvalue weighted by Gasteiger charge is 2.38. The Bertz CT molecular complexity index is 835. The second-order valence-electron chi connectivity index (χ2n) is 6.90. The van der Waals surface area contributed by atoms with Crippen LogP contribution in [0, 0.1) is 23.6 Å². The number of rotatable bonds is 3. The molecule has 1 aromatic heterocycles. The molecule has 5 heteroatoms. The van der Waals surface area contributed by atoms with Crippen molar-refractivity contribution < 1.29 is 9.18 Å². The predicted molar refractivity (Wildman–Crippen MR) is 101 cm³/mol. The van der Waals surface area contributed by atoms with Crippen LogP contribution in [0.4, 0.5) is 4.39 Å². The highest BCUT2D eigenvalue weighted by molar-refractivity contribution is 14.1. The minimum atomic E-state index is -0.222. The fourth-order valence-corrected chi connectivity index (χ4v) is 4.61. The topological polar surface area (TPSA) is 42.0 Å². The summed E-state index contributed by atoms with van der Waals surface area (Å²) in [4.78, 5) is 15.9. The van der Waals surface area contributed by atoms with E-state index < -0.39 is 0 Å². The van der Waals surface area contributed by atoms with Gasteiger partial charge in [0.15, 0.2) is 0 Å². The van der Waals surface area contributed by atoms with Gasteiger partial charge in [-0.2, -0.15) is 0 Å². The minimum absolute atomic E-state index is 0.125. The summed E-state index contributed by atoms with van der Waals surface area (Å²) < 4.78 is 16.3. The van der Waals surface area contributed by atoms with Crippen LogP contribution in [0.15, 0.2) is 36.5 Å². The van der Waals surface area contributed by atoms with E-state index in [1.165, 1.54) is 11.6 Å². The maximum Gasteiger partial charge on any atom is 0.228 e. The number of allylic oxidation sites excluding steroid dienone is 2. The van der Waals surface area contributed by atoms with Crippen molar-refractivity contribution in [1.29, 1.82) is 0 Å². The molecule has 1 heterocycles. The number of halogens is 2. The zero-order valence-electron chi connectivity index (χ0n) is 13.1. The Balaban J connectivity index is 1.59. The number of fused-ring (bicyclic) bond motifs is 2. The first-order chi connectivity index (χ1) is 11.6. The van der Waals surface area contributed by atoms with Crippen LogP contribution < -0.4 is 3.53 Å². The normalized spacial score (nSPS) is 25.6. The number of pyridine rings is 1. The number of amides is 1. The number of hydrogen-bond acceptors (Lipinski definition) is 2. The van der Waals surface area contributed by atoms with Crippen molar-refractivity contribution in [2.75, 3.05) is 0 Å². The van der Waals surface area contributed by atoms with Crippen molar-refractivity contribution in [3.8, 4) is 0 Å². The van der Waals surface area contributed by atoms with E-state index in [2.05, 4.69) is 14.6 Å². The van der Waals surface area contributed by atoms with Crippen LogP contribution in [0.3, 0.4) is 0 Å². The highest BCUT2D eigenvalue weighted by Crippen LogP contribution is 2.49. The van der Waals surface area contributed by atoms with Gasteiger partial charge in [0.2, 0.25) is 5.91 Å². The zero-order valence-corrected chi connectivity index (χ0v) is 15.3. The van der Waals surface area contributed by atoms with Crippen molar-refractivity contribution in [3.05, 3.63) is 47.9 Å². The van der Waals surface area contributed by atoms with Gasteiger partial charge in [0.05, 0.1) is 28.4 Å². The van der Waals surface area contributed by atoms with E-state index in [9.17, 15) is 9.18 Å². The van der Waals surface area contributed by atoms with Gasteiger partial charge in [-0.1, -0.05) is 6.08 Å². The maximum absolute atomic E-state index is 13.7. The van der Waals surface area contributed by atoms with E-state index in [1.54, 1.807) is 18.3 Å². The zero-order chi connectivity index (χ0) is 16.7. The molecule has 1 N–H and O–H groups in total. The summed E-state index contributed by atoms with van der Waals surface area (Å²) in [5.74, 6) is 1.55. The second kappa shape index (κ2) is 6.43. The van der Waals surface area contributed by atoms with Crippen LogP contribution in [0.25, 0.3) is 16.5 Å². The molecule has 24 heavy (non-hydrogen) atoms. The third kappa shape index (κ3) is 2.94. The van der Waals surface area contributed by atoms with Crippen LogP contribution in [0.5, 0.6) is 0 Å². The van der Waals surface area contributed by atoms with Gasteiger partial charge in [-0.3, -0.25) is 13.3 Å². The van der Waals surface area contributed by atoms with Gasteiger partial charge in [-0.05, 0) is 72.4 Å². The number of carbonyl (C=O) groups is 1. The fraction of sp³-hybridized carbons (Fsp3) is 0.368. The highest BCUT2D eigenvalue weighted by atomic mass is 127. The van der Waals surface area contributed by atoms with Crippen LogP contribution in [-0.4, -0.2) is 10.9 Å². The van der Waals surface area contributed by atoms with Crippen molar-refractivity contribution in [2.45, 2.75) is 25.7 Å². The van der Waals surface area contributed by atoms with Crippen LogP contribution in [0.2, 0.25) is 0 Å². The summed E-state index contributed by atoms with van der Waals surface area (Å²) in [6.07, 6.45) is 7.98. The molecule has 1 fully saturated rings. The maximum atomic E-state index is 13.7. The van der Waals surface area contributed by atoms with Gasteiger partial charge < -0.3 is 0 Å². The molecule has 1 amide bonds. The van der Waals surface area contributed by atoms with Gasteiger partial charge in [-0.15, -0.1) is 0 Å². The Kier molecular flexibility index (Phi) is 4.28. The molecule has 0 radical (unpaired) electrons. The summed E-state index contributed by atoms with van der Waals surface area (Å²) in [5.41, 5.74) is 3.25. The fourth-order valence-electron chi connectivity index (χ4n) is 4.39. The Morgan fingerprint density at radius 2 is 2.21 bits per heavy atom. The number of nitrogens with zero attached hydrogens (tertiary/aromatic N) is 1. The van der Waals surface area contributed by atoms with Crippen molar-refractivity contribution in [3.63, 3.8) is 0 Å². The molecule has 1 aromatic carbocycles. The van der Waals surface area contributed by atoms with Gasteiger partial charge in [0, 0.05) is 18.0 Å². The molecule has 0 spiro atoms. The van der Waals surface area contributed by atoms with E-state index in [-0.39, 0.29) is 11.7 Å². The molecule has 0 bridgehead atoms. The standard InChI is InChI=1S/C19H18FIN2O/c20-15-1-2-18-17(10-15)16(3-4-22-18)14-8-12-5-11(6-13(12)9-14)7-19(24)23-21/h1-4,8,10-13H,5-7,9H2,(H,23,24)/t11-,12?,13?/m1/s1. The molecule has 3 atom stereocenters. The van der Waals surface area contributed by atoms with Crippen molar-refractivity contribution in [1.82, 2.24) is 8.51 Å². The van der Waals surface area contributed by atoms with Crippen molar-refractivity contribution >= 4 is 45.2 Å². The summed E-state index contributed by atoms with van der Waals surface area (Å²) in [7, 11) is 0. The summed E-state index contributed by atoms with van der Waals surface area (Å²) in [6.45, 7) is 0. The van der Waals surface area contributed by atoms with Gasteiger partial charge >= 0.3 is 0 Å². The molecule has 0 saturated heterocycles. The van der Waals surface area contributed by atoms with E-state index in [0.717, 1.165) is 35.7 Å². The van der Waals surface area contributed by atoms with Gasteiger partial charge in [-0.25, -0.2) is 4.39 Å². The van der Waals surface area contributed by atoms with Crippen LogP contribution >= 0.6 is 22.9 Å². The molecular weight excluding hydrogens is 418 g/mol. The smallest absolute Gasteiger partial charge is 0.228 e. The molecule has 2 aliphatic rings. The lowest BCUT2D eigenvalue weighted by Gasteiger charge is -2.12. The molecule has 2 aromatic rings. The molecule has 2 aliphatic carbocycles. The number of aromatic nitrogens is 1. The predicted octanol–water partition coefficient (Wildman–Crippen LogP) is 4.66. The molecule has 124 valence electrons. The van der Waals surface area contributed by atoms with E-state index in [1.807, 2.05) is 28.9 Å². The first-order valence-electron chi connectivity index (χ1n) is 8.29. The van der Waals surface area contributed by atoms with Gasteiger partial charge in [0.1, 0.15) is 5.82 Å². The average molecular weight is 436 g/mol. The molecule has 4 rings (SSSR count). The van der Waals surface area contributed by atoms with Crippen LogP contribution in [-0.2, 0) is 4.79 Å². The Morgan fingerprint density at radius 1 is 1.33 bits per heavy atom. The lowest BCUT2D eigenvalue weighted by Crippen LogP contribution is -2.15. The number of nitrogens with one attached hydrogen (secondary N) is 1. The average Bonchev–Trinajstić information content (AvgIpc) is 3.12. The number of hydrogen-bond donors (Lipinski definition) is 1. The lowest BCUT2D eigenvalue weighted by atomic mass is 9.94. The minimum Gasteiger partial charge on any atom is -0.299 e. The van der Waals surface area contributed by atoms with Crippen LogP contribution in [0.1, 0.15) is 31.2 Å². The molecular formula is C19H18FIN2O. The Hall–Kier alpha value is -1.50. The van der Waals surface area contributed by atoms with E-state index in [4.69, 9.17) is 0 Å². The number of carbonyl (C=O) groups excluding carboxylic acids is 1. The first kappa shape index (κ1) is 16.0. The van der Waals surface area contributed by atoms with E-state index in [0.29, 0.717) is 24.2 Å². The third-order valence-corrected chi connectivity index (χ3v) is 5.98. The summed E-state index contributed by atoms with van der Waals surface area (Å²) >= 11 is 1.91. The van der Waals surface area contributed by atoms with Gasteiger partial charge in [0.25, 0.3) is 0 Å². The SMILES string of the molecule is O=C(C[C@@H]1CC2C=C(c3ccnc4ccc(F)cc34)CC2C1)NI. The molecule has 2 unspecified atom stereocenters. The lowest BCUT2D eigenvalue weighted by molar-refractivity contribution is -0.119. The number of benzene rings is 1. The largest absolute Gasteiger partial charge is 0.299 e. The monoisotopic (exact) mass is 436 g/mol. The second-order valence-corrected chi connectivity index (χ2v) is 7.44. The molecule has 0 aliphatic heterocycles. The first-order valence-corrected chi connectivity index (χ1v) is 9.36.